The van der Waals surface area contributed by atoms with E-state index in [9.17, 15) is 43.2 Å². The van der Waals surface area contributed by atoms with Crippen LogP contribution in [0.1, 0.15) is 368 Å². The van der Waals surface area contributed by atoms with Gasteiger partial charge in [0.2, 0.25) is 0 Å². The molecular weight excluding hydrogens is 1220 g/mol. The molecule has 0 rings (SSSR count). The van der Waals surface area contributed by atoms with Crippen molar-refractivity contribution in [2.24, 2.45) is 0 Å². The molecule has 2 unspecified atom stereocenters. The lowest BCUT2D eigenvalue weighted by atomic mass is 10.0. The number of hydrogen-bond acceptors (Lipinski definition) is 15. The molecule has 93 heavy (non-hydrogen) atoms. The maximum absolute atomic E-state index is 13.1. The summed E-state index contributed by atoms with van der Waals surface area (Å²) in [6.07, 6.45) is 60.4. The Labute approximate surface area is 567 Å². The van der Waals surface area contributed by atoms with Crippen molar-refractivity contribution >= 4 is 39.5 Å². The van der Waals surface area contributed by atoms with Crippen LogP contribution in [0.2, 0.25) is 0 Å². The summed E-state index contributed by atoms with van der Waals surface area (Å²) in [5.74, 6) is -2.15. The molecule has 0 fully saturated rings. The van der Waals surface area contributed by atoms with Crippen LogP contribution in [-0.2, 0) is 65.4 Å². The zero-order valence-corrected chi connectivity index (χ0v) is 61.5. The monoisotopic (exact) mass is 1360 g/mol. The summed E-state index contributed by atoms with van der Waals surface area (Å²) in [5.41, 5.74) is 0. The van der Waals surface area contributed by atoms with Gasteiger partial charge in [0.15, 0.2) is 12.2 Å². The summed E-state index contributed by atoms with van der Waals surface area (Å²) in [6.45, 7) is 4.88. The lowest BCUT2D eigenvalue weighted by Crippen LogP contribution is -2.30. The molecule has 0 amide bonds. The van der Waals surface area contributed by atoms with Crippen LogP contribution >= 0.6 is 15.6 Å². The van der Waals surface area contributed by atoms with Gasteiger partial charge in [-0.3, -0.25) is 37.3 Å². The quantitative estimate of drug-likeness (QED) is 0.0169. The molecule has 0 aromatic rings. The van der Waals surface area contributed by atoms with E-state index in [1.165, 1.54) is 173 Å². The van der Waals surface area contributed by atoms with E-state index < -0.39 is 97.5 Å². The van der Waals surface area contributed by atoms with E-state index in [-0.39, 0.29) is 25.7 Å². The summed E-state index contributed by atoms with van der Waals surface area (Å²) in [4.78, 5) is 72.6. The number of allylic oxidation sites excluding steroid dienone is 4. The highest BCUT2D eigenvalue weighted by Crippen LogP contribution is 2.45. The molecule has 3 N–H and O–H groups in total. The third-order valence-electron chi connectivity index (χ3n) is 16.7. The number of hydrogen-bond donors (Lipinski definition) is 3. The number of carbonyl (C=O) groups excluding carboxylic acids is 4. The predicted octanol–water partition coefficient (Wildman–Crippen LogP) is 21.4. The number of aliphatic hydroxyl groups excluding tert-OH is 1. The molecular formula is C74H140O17P2. The zero-order chi connectivity index (χ0) is 68.2. The second-order valence-electron chi connectivity index (χ2n) is 26.0. The number of unbranched alkanes of at least 4 members (excludes halogenated alkanes) is 44. The van der Waals surface area contributed by atoms with Crippen molar-refractivity contribution in [2.75, 3.05) is 39.6 Å². The molecule has 0 spiro atoms. The van der Waals surface area contributed by atoms with Crippen molar-refractivity contribution in [1.82, 2.24) is 0 Å². The largest absolute Gasteiger partial charge is 0.472 e. The summed E-state index contributed by atoms with van der Waals surface area (Å²) in [6, 6.07) is 0. The zero-order valence-electron chi connectivity index (χ0n) is 59.7. The lowest BCUT2D eigenvalue weighted by molar-refractivity contribution is -0.161. The van der Waals surface area contributed by atoms with Gasteiger partial charge in [0.25, 0.3) is 0 Å². The fourth-order valence-electron chi connectivity index (χ4n) is 10.9. The van der Waals surface area contributed by atoms with Crippen molar-refractivity contribution < 1.29 is 80.2 Å². The molecule has 5 atom stereocenters. The first-order valence-corrected chi connectivity index (χ1v) is 41.1. The standard InChI is InChI=1S/C74H140O17P2/c1-5-9-13-17-21-25-28-31-33-34-35-37-39-42-45-49-53-57-61-74(79)91-70(65-85-72(77)59-55-51-47-43-41-38-36-32-29-26-22-18-14-10-6-2)67-89-93(82,83)87-63-68(75)62-86-92(80,81)88-66-69(64-84-71(76)58-54-50-46-24-20-16-12-8-4)90-73(78)60-56-52-48-44-40-30-27-23-19-15-11-7-3/h26,29,32,36,68-70,75H,5-25,27-28,30-31,33-35,37-67H2,1-4H3,(H,80,81)(H,82,83)/b29-26-,36-32-/t68-,69+,70+/m0/s1. The first-order chi connectivity index (χ1) is 45.2. The predicted molar refractivity (Wildman–Crippen MR) is 377 cm³/mol. The van der Waals surface area contributed by atoms with Crippen LogP contribution < -0.4 is 0 Å². The third kappa shape index (κ3) is 67.9. The molecule has 0 aromatic carbocycles. The number of phosphoric acid groups is 2. The van der Waals surface area contributed by atoms with Gasteiger partial charge >= 0.3 is 39.5 Å². The van der Waals surface area contributed by atoms with Gasteiger partial charge in [0, 0.05) is 25.7 Å². The number of rotatable bonds is 73. The molecule has 0 bridgehead atoms. The molecule has 0 aliphatic carbocycles. The second-order valence-corrected chi connectivity index (χ2v) is 28.9. The van der Waals surface area contributed by atoms with Gasteiger partial charge in [-0.05, 0) is 51.4 Å². The van der Waals surface area contributed by atoms with Crippen LogP contribution in [0.3, 0.4) is 0 Å². The summed E-state index contributed by atoms with van der Waals surface area (Å²) >= 11 is 0. The minimum atomic E-state index is -4.96. The van der Waals surface area contributed by atoms with Gasteiger partial charge < -0.3 is 33.8 Å². The number of esters is 4. The van der Waals surface area contributed by atoms with Crippen LogP contribution in [0.25, 0.3) is 0 Å². The molecule has 0 heterocycles. The Bertz CT molecular complexity index is 1870. The minimum absolute atomic E-state index is 0.102. The number of phosphoric ester groups is 2. The molecule has 0 aromatic heterocycles. The average Bonchev–Trinajstić information content (AvgIpc) is 3.06. The first kappa shape index (κ1) is 90.5. The van der Waals surface area contributed by atoms with E-state index in [1.807, 2.05) is 0 Å². The Morgan fingerprint density at radius 1 is 0.301 bits per heavy atom. The molecule has 548 valence electrons. The summed E-state index contributed by atoms with van der Waals surface area (Å²) in [7, 11) is -9.91. The second kappa shape index (κ2) is 68.1. The van der Waals surface area contributed by atoms with E-state index in [1.54, 1.807) is 0 Å². The SMILES string of the molecule is CCCCCC/C=C\C=C/CCCCCCCC(=O)OC[C@H](COP(=O)(O)OC[C@@H](O)COP(=O)(O)OC[C@@H](COC(=O)CCCCCCCCCC)OC(=O)CCCCCCCCCCCCCC)OC(=O)CCCCCCCCCCCCCCCCCCCC. The Morgan fingerprint density at radius 3 is 0.785 bits per heavy atom. The van der Waals surface area contributed by atoms with E-state index >= 15 is 0 Å². The maximum Gasteiger partial charge on any atom is 0.472 e. The van der Waals surface area contributed by atoms with Crippen LogP contribution in [-0.4, -0.2) is 96.7 Å². The van der Waals surface area contributed by atoms with Gasteiger partial charge in [-0.1, -0.05) is 315 Å². The molecule has 0 saturated carbocycles. The van der Waals surface area contributed by atoms with Crippen LogP contribution in [0.4, 0.5) is 0 Å². The van der Waals surface area contributed by atoms with Crippen LogP contribution in [0.15, 0.2) is 24.3 Å². The van der Waals surface area contributed by atoms with Crippen molar-refractivity contribution in [2.45, 2.75) is 386 Å². The Balaban J connectivity index is 5.24. The molecule has 17 nitrogen and oxygen atoms in total. The molecule has 0 aliphatic rings. The molecule has 19 heteroatoms. The van der Waals surface area contributed by atoms with Gasteiger partial charge in [-0.2, -0.15) is 0 Å². The van der Waals surface area contributed by atoms with E-state index in [4.69, 9.17) is 37.0 Å². The lowest BCUT2D eigenvalue weighted by Gasteiger charge is -2.21. The maximum atomic E-state index is 13.1. The van der Waals surface area contributed by atoms with Crippen molar-refractivity contribution in [3.05, 3.63) is 24.3 Å². The minimum Gasteiger partial charge on any atom is -0.462 e. The topological polar surface area (TPSA) is 237 Å². The number of carbonyl (C=O) groups is 4. The van der Waals surface area contributed by atoms with Gasteiger partial charge in [0.05, 0.1) is 26.4 Å². The highest BCUT2D eigenvalue weighted by Gasteiger charge is 2.30. The van der Waals surface area contributed by atoms with Crippen LogP contribution in [0.5, 0.6) is 0 Å². The normalized spacial score (nSPS) is 14.1. The van der Waals surface area contributed by atoms with E-state index in [2.05, 4.69) is 52.0 Å². The fraction of sp³-hybridized carbons (Fsp3) is 0.892. The van der Waals surface area contributed by atoms with Crippen molar-refractivity contribution in [3.8, 4) is 0 Å². The average molecular weight is 1360 g/mol. The van der Waals surface area contributed by atoms with E-state index in [0.717, 1.165) is 116 Å². The van der Waals surface area contributed by atoms with Crippen molar-refractivity contribution in [3.63, 3.8) is 0 Å². The molecule has 0 saturated heterocycles. The highest BCUT2D eigenvalue weighted by atomic mass is 31.2. The Kier molecular flexibility index (Phi) is 66.3. The van der Waals surface area contributed by atoms with Gasteiger partial charge in [0.1, 0.15) is 19.3 Å². The Morgan fingerprint density at radius 2 is 0.516 bits per heavy atom. The van der Waals surface area contributed by atoms with Gasteiger partial charge in [-0.15, -0.1) is 0 Å². The first-order valence-electron chi connectivity index (χ1n) is 38.1. The smallest absolute Gasteiger partial charge is 0.462 e. The fourth-order valence-corrected chi connectivity index (χ4v) is 12.4. The third-order valence-corrected chi connectivity index (χ3v) is 18.6. The van der Waals surface area contributed by atoms with Crippen LogP contribution in [0, 0.1) is 0 Å². The molecule has 0 aliphatic heterocycles. The number of aliphatic hydroxyl groups is 1. The van der Waals surface area contributed by atoms with Crippen molar-refractivity contribution in [1.29, 1.82) is 0 Å². The summed E-state index contributed by atoms with van der Waals surface area (Å²) in [5, 5.41) is 10.6. The molecule has 0 radical (unpaired) electrons. The Hall–Kier alpha value is -2.46. The highest BCUT2D eigenvalue weighted by molar-refractivity contribution is 7.47. The number of ether oxygens (including phenoxy) is 4. The van der Waals surface area contributed by atoms with Gasteiger partial charge in [-0.25, -0.2) is 9.13 Å². The van der Waals surface area contributed by atoms with E-state index in [0.29, 0.717) is 25.7 Å². The summed E-state index contributed by atoms with van der Waals surface area (Å²) < 4.78 is 68.3.